The number of aryl methyl sites for hydroxylation is 1. The number of benzene rings is 2. The number of halogens is 1. The number of sulfonamides is 1. The van der Waals surface area contributed by atoms with Crippen LogP contribution in [0.2, 0.25) is 0 Å². The molecule has 2 amide bonds. The lowest BCUT2D eigenvalue weighted by Gasteiger charge is -2.32. The van der Waals surface area contributed by atoms with Crippen LogP contribution in [-0.2, 0) is 26.2 Å². The van der Waals surface area contributed by atoms with Crippen molar-refractivity contribution in [2.24, 2.45) is 0 Å². The number of amides is 2. The Hall–Kier alpha value is -3.14. The maximum absolute atomic E-state index is 13.5. The molecule has 0 aliphatic heterocycles. The van der Waals surface area contributed by atoms with E-state index in [0.717, 1.165) is 29.0 Å². The highest BCUT2D eigenvalue weighted by Gasteiger charge is 2.31. The summed E-state index contributed by atoms with van der Waals surface area (Å²) in [4.78, 5) is 27.6. The van der Waals surface area contributed by atoms with Gasteiger partial charge in [-0.1, -0.05) is 31.5 Å². The standard InChI is InChI=1S/C25H34FN3O5S/c1-6-7-14-27-25(31)19(3)28(16-20-9-11-21(26)12-10-20)24(30)17-29(35(5,32)33)22-15-18(2)8-13-23(22)34-4/h8-13,15,19H,6-7,14,16-17H2,1-5H3,(H,27,31)/t19-/m1/s1. The van der Waals surface area contributed by atoms with Crippen LogP contribution >= 0.6 is 0 Å². The summed E-state index contributed by atoms with van der Waals surface area (Å²) >= 11 is 0. The topological polar surface area (TPSA) is 96.0 Å². The molecule has 192 valence electrons. The number of ether oxygens (including phenoxy) is 1. The zero-order valence-electron chi connectivity index (χ0n) is 20.9. The first kappa shape index (κ1) is 28.1. The smallest absolute Gasteiger partial charge is 0.244 e. The summed E-state index contributed by atoms with van der Waals surface area (Å²) in [6.45, 7) is 5.32. The van der Waals surface area contributed by atoms with Gasteiger partial charge in [0.1, 0.15) is 24.2 Å². The molecule has 0 saturated carbocycles. The number of anilines is 1. The van der Waals surface area contributed by atoms with Gasteiger partial charge in [-0.05, 0) is 55.7 Å². The first-order valence-corrected chi connectivity index (χ1v) is 13.3. The molecule has 0 bridgehead atoms. The van der Waals surface area contributed by atoms with Crippen molar-refractivity contribution in [3.05, 3.63) is 59.4 Å². The van der Waals surface area contributed by atoms with E-state index in [1.807, 2.05) is 6.92 Å². The van der Waals surface area contributed by atoms with E-state index in [0.29, 0.717) is 17.9 Å². The van der Waals surface area contributed by atoms with Gasteiger partial charge in [0.15, 0.2) is 0 Å². The molecule has 0 saturated heterocycles. The Morgan fingerprint density at radius 1 is 1.14 bits per heavy atom. The van der Waals surface area contributed by atoms with E-state index in [2.05, 4.69) is 5.32 Å². The van der Waals surface area contributed by atoms with Crippen LogP contribution in [0, 0.1) is 12.7 Å². The van der Waals surface area contributed by atoms with Crippen LogP contribution in [0.5, 0.6) is 5.75 Å². The number of hydrogen-bond acceptors (Lipinski definition) is 5. The van der Waals surface area contributed by atoms with E-state index in [1.54, 1.807) is 32.0 Å². The lowest BCUT2D eigenvalue weighted by molar-refractivity contribution is -0.139. The first-order chi connectivity index (χ1) is 16.5. The summed E-state index contributed by atoms with van der Waals surface area (Å²) in [5.74, 6) is -1.06. The monoisotopic (exact) mass is 507 g/mol. The molecular formula is C25H34FN3O5S. The van der Waals surface area contributed by atoms with Crippen molar-refractivity contribution >= 4 is 27.5 Å². The molecule has 0 aliphatic rings. The molecule has 2 aromatic carbocycles. The number of nitrogens with one attached hydrogen (secondary N) is 1. The fourth-order valence-electron chi connectivity index (χ4n) is 3.49. The van der Waals surface area contributed by atoms with Crippen LogP contribution in [-0.4, -0.2) is 57.6 Å². The van der Waals surface area contributed by atoms with Crippen molar-refractivity contribution in [1.82, 2.24) is 10.2 Å². The first-order valence-electron chi connectivity index (χ1n) is 11.4. The van der Waals surface area contributed by atoms with Gasteiger partial charge >= 0.3 is 0 Å². The quantitative estimate of drug-likeness (QED) is 0.445. The Morgan fingerprint density at radius 3 is 2.37 bits per heavy atom. The number of unbranched alkanes of at least 4 members (excludes halogenated alkanes) is 1. The minimum absolute atomic E-state index is 0.00400. The third kappa shape index (κ3) is 7.95. The number of methoxy groups -OCH3 is 1. The summed E-state index contributed by atoms with van der Waals surface area (Å²) < 4.78 is 45.2. The molecule has 10 heteroatoms. The van der Waals surface area contributed by atoms with E-state index in [4.69, 9.17) is 4.74 Å². The van der Waals surface area contributed by atoms with Gasteiger partial charge in [-0.25, -0.2) is 12.8 Å². The molecule has 0 aliphatic carbocycles. The molecule has 0 aromatic heterocycles. The van der Waals surface area contributed by atoms with Gasteiger partial charge in [-0.3, -0.25) is 13.9 Å². The molecule has 35 heavy (non-hydrogen) atoms. The number of hydrogen-bond donors (Lipinski definition) is 1. The third-order valence-corrected chi connectivity index (χ3v) is 6.67. The van der Waals surface area contributed by atoms with E-state index < -0.39 is 34.3 Å². The third-order valence-electron chi connectivity index (χ3n) is 5.55. The van der Waals surface area contributed by atoms with Gasteiger partial charge in [0.2, 0.25) is 21.8 Å². The summed E-state index contributed by atoms with van der Waals surface area (Å²) in [6, 6.07) is 9.73. The second-order valence-electron chi connectivity index (χ2n) is 8.41. The number of rotatable bonds is 12. The molecule has 1 atom stereocenters. The Bertz CT molecular complexity index is 1120. The van der Waals surface area contributed by atoms with Crippen LogP contribution in [0.4, 0.5) is 10.1 Å². The molecular weight excluding hydrogens is 473 g/mol. The average molecular weight is 508 g/mol. The van der Waals surface area contributed by atoms with Gasteiger partial charge in [0.05, 0.1) is 19.1 Å². The predicted octanol–water partition coefficient (Wildman–Crippen LogP) is 3.24. The molecule has 2 rings (SSSR count). The molecule has 1 N–H and O–H groups in total. The number of carbonyl (C=O) groups excluding carboxylic acids is 2. The second-order valence-corrected chi connectivity index (χ2v) is 10.3. The van der Waals surface area contributed by atoms with Crippen molar-refractivity contribution in [2.45, 2.75) is 46.2 Å². The van der Waals surface area contributed by atoms with Crippen LogP contribution in [0.15, 0.2) is 42.5 Å². The van der Waals surface area contributed by atoms with Gasteiger partial charge < -0.3 is 15.0 Å². The van der Waals surface area contributed by atoms with E-state index >= 15 is 0 Å². The zero-order valence-corrected chi connectivity index (χ0v) is 21.7. The van der Waals surface area contributed by atoms with Gasteiger partial charge in [-0.15, -0.1) is 0 Å². The lowest BCUT2D eigenvalue weighted by Crippen LogP contribution is -2.51. The van der Waals surface area contributed by atoms with Gasteiger partial charge in [-0.2, -0.15) is 0 Å². The molecule has 8 nitrogen and oxygen atoms in total. The molecule has 0 heterocycles. The highest BCUT2D eigenvalue weighted by Crippen LogP contribution is 2.31. The Labute approximate surface area is 207 Å². The SMILES string of the molecule is CCCCNC(=O)[C@@H](C)N(Cc1ccc(F)cc1)C(=O)CN(c1cc(C)ccc1OC)S(C)(=O)=O. The average Bonchev–Trinajstić information content (AvgIpc) is 2.80. The van der Waals surface area contributed by atoms with E-state index in [-0.39, 0.29) is 18.1 Å². The fraction of sp³-hybridized carbons (Fsp3) is 0.440. The van der Waals surface area contributed by atoms with Crippen LogP contribution in [0.1, 0.15) is 37.8 Å². The summed E-state index contributed by atoms with van der Waals surface area (Å²) in [5, 5.41) is 2.81. The molecule has 2 aromatic rings. The minimum atomic E-state index is -3.88. The Balaban J connectivity index is 2.41. The van der Waals surface area contributed by atoms with Crippen molar-refractivity contribution in [1.29, 1.82) is 0 Å². The largest absolute Gasteiger partial charge is 0.495 e. The van der Waals surface area contributed by atoms with Crippen molar-refractivity contribution < 1.29 is 27.1 Å². The normalized spacial score (nSPS) is 12.1. The van der Waals surface area contributed by atoms with Crippen molar-refractivity contribution in [3.63, 3.8) is 0 Å². The van der Waals surface area contributed by atoms with E-state index in [1.165, 1.54) is 36.3 Å². The minimum Gasteiger partial charge on any atom is -0.495 e. The zero-order chi connectivity index (χ0) is 26.2. The maximum Gasteiger partial charge on any atom is 0.244 e. The molecule has 0 unspecified atom stereocenters. The van der Waals surface area contributed by atoms with Crippen LogP contribution in [0.3, 0.4) is 0 Å². The molecule has 0 radical (unpaired) electrons. The molecule has 0 fully saturated rings. The highest BCUT2D eigenvalue weighted by molar-refractivity contribution is 7.92. The predicted molar refractivity (Wildman–Crippen MR) is 134 cm³/mol. The molecule has 0 spiro atoms. The Morgan fingerprint density at radius 2 is 1.80 bits per heavy atom. The highest BCUT2D eigenvalue weighted by atomic mass is 32.2. The summed E-state index contributed by atoms with van der Waals surface area (Å²) in [6.07, 6.45) is 2.70. The van der Waals surface area contributed by atoms with Crippen molar-refractivity contribution in [3.8, 4) is 5.75 Å². The van der Waals surface area contributed by atoms with Gasteiger partial charge in [0.25, 0.3) is 0 Å². The Kier molecular flexibility index (Phi) is 10.1. The lowest BCUT2D eigenvalue weighted by atomic mass is 10.1. The summed E-state index contributed by atoms with van der Waals surface area (Å²) in [7, 11) is -2.47. The van der Waals surface area contributed by atoms with Crippen molar-refractivity contribution in [2.75, 3.05) is 30.8 Å². The maximum atomic E-state index is 13.5. The summed E-state index contributed by atoms with van der Waals surface area (Å²) in [5.41, 5.74) is 1.62. The second kappa shape index (κ2) is 12.5. The van der Waals surface area contributed by atoms with Crippen LogP contribution in [0.25, 0.3) is 0 Å². The van der Waals surface area contributed by atoms with Crippen LogP contribution < -0.4 is 14.4 Å². The fourth-order valence-corrected chi connectivity index (χ4v) is 4.34. The number of nitrogens with zero attached hydrogens (tertiary/aromatic N) is 2. The number of carbonyl (C=O) groups is 2. The van der Waals surface area contributed by atoms with E-state index in [9.17, 15) is 22.4 Å². The van der Waals surface area contributed by atoms with Gasteiger partial charge in [0, 0.05) is 13.1 Å².